The average Bonchev–Trinajstić information content (AvgIpc) is 3.28. The van der Waals surface area contributed by atoms with Crippen LogP contribution in [0.2, 0.25) is 0 Å². The highest BCUT2D eigenvalue weighted by molar-refractivity contribution is 6.15. The first-order valence-electron chi connectivity index (χ1n) is 10.5. The Balaban J connectivity index is 1.56. The van der Waals surface area contributed by atoms with Gasteiger partial charge in [0.15, 0.2) is 12.4 Å². The molecule has 0 saturated carbocycles. The van der Waals surface area contributed by atoms with Gasteiger partial charge in [-0.25, -0.2) is 4.79 Å². The van der Waals surface area contributed by atoms with Crippen LogP contribution in [0.5, 0.6) is 0 Å². The number of hydrogen-bond acceptors (Lipinski definition) is 6. The quantitative estimate of drug-likeness (QED) is 0.403. The zero-order chi connectivity index (χ0) is 23.9. The summed E-state index contributed by atoms with van der Waals surface area (Å²) in [5.74, 6) is -1.04. The number of aromatic nitrogens is 1. The molecule has 1 aromatic heterocycles. The number of carbonyl (C=O) groups is 3. The van der Waals surface area contributed by atoms with E-state index in [0.717, 1.165) is 0 Å². The lowest BCUT2D eigenvalue weighted by Gasteiger charge is -2.24. The molecule has 34 heavy (non-hydrogen) atoms. The number of ether oxygens (including phenoxy) is 1. The molecule has 4 aromatic rings. The molecular weight excluding hydrogens is 434 g/mol. The Kier molecular flexibility index (Phi) is 6.78. The first-order valence-corrected chi connectivity index (χ1v) is 10.5. The summed E-state index contributed by atoms with van der Waals surface area (Å²) in [6, 6.07) is 26.1. The lowest BCUT2D eigenvalue weighted by Crippen LogP contribution is -2.28. The van der Waals surface area contributed by atoms with Gasteiger partial charge in [0.25, 0.3) is 11.8 Å². The van der Waals surface area contributed by atoms with Gasteiger partial charge in [0.1, 0.15) is 5.76 Å². The molecule has 1 heterocycles. The van der Waals surface area contributed by atoms with Gasteiger partial charge >= 0.3 is 5.97 Å². The van der Waals surface area contributed by atoms with Crippen molar-refractivity contribution in [1.82, 2.24) is 5.16 Å². The maximum absolute atomic E-state index is 13.7. The number of para-hydroxylation sites is 2. The number of amides is 2. The Morgan fingerprint density at radius 2 is 1.41 bits per heavy atom. The topological polar surface area (TPSA) is 102 Å². The number of aryl methyl sites for hydroxylation is 1. The lowest BCUT2D eigenvalue weighted by atomic mass is 10.1. The van der Waals surface area contributed by atoms with Crippen molar-refractivity contribution in [3.05, 3.63) is 108 Å². The molecule has 0 aliphatic carbocycles. The molecule has 8 nitrogen and oxygen atoms in total. The molecule has 8 heteroatoms. The zero-order valence-corrected chi connectivity index (χ0v) is 18.3. The van der Waals surface area contributed by atoms with E-state index in [1.165, 1.54) is 17.0 Å². The number of rotatable bonds is 7. The zero-order valence-electron chi connectivity index (χ0n) is 18.3. The standard InChI is InChI=1S/C26H21N3O5/c1-18-16-23(28-34-18)27-24(30)17-33-26(32)22-15-9-8-14-21(22)25(31)29(19-10-4-2-5-11-19)20-12-6-3-7-13-20/h2-16H,17H2,1H3,(H,27,28,30). The molecule has 170 valence electrons. The van der Waals surface area contributed by atoms with Gasteiger partial charge in [-0.05, 0) is 43.3 Å². The summed E-state index contributed by atoms with van der Waals surface area (Å²) in [5.41, 5.74) is 1.48. The van der Waals surface area contributed by atoms with Gasteiger partial charge in [0.05, 0.1) is 11.1 Å². The summed E-state index contributed by atoms with van der Waals surface area (Å²) in [5, 5.41) is 6.13. The molecule has 0 spiro atoms. The second kappa shape index (κ2) is 10.3. The number of hydrogen-bond donors (Lipinski definition) is 1. The fourth-order valence-corrected chi connectivity index (χ4v) is 3.32. The van der Waals surface area contributed by atoms with E-state index >= 15 is 0 Å². The van der Waals surface area contributed by atoms with Crippen molar-refractivity contribution in [1.29, 1.82) is 0 Å². The van der Waals surface area contributed by atoms with Gasteiger partial charge < -0.3 is 14.6 Å². The fraction of sp³-hybridized carbons (Fsp3) is 0.0769. The molecule has 0 aliphatic rings. The highest BCUT2D eigenvalue weighted by Crippen LogP contribution is 2.28. The van der Waals surface area contributed by atoms with Crippen LogP contribution in [0.25, 0.3) is 0 Å². The van der Waals surface area contributed by atoms with Crippen LogP contribution in [0, 0.1) is 6.92 Å². The van der Waals surface area contributed by atoms with Crippen LogP contribution >= 0.6 is 0 Å². The Morgan fingerprint density at radius 1 is 0.853 bits per heavy atom. The van der Waals surface area contributed by atoms with Gasteiger partial charge in [-0.3, -0.25) is 14.5 Å². The predicted molar refractivity (Wildman–Crippen MR) is 126 cm³/mol. The monoisotopic (exact) mass is 455 g/mol. The van der Waals surface area contributed by atoms with Crippen molar-refractivity contribution in [2.75, 3.05) is 16.8 Å². The first-order chi connectivity index (χ1) is 16.5. The van der Waals surface area contributed by atoms with Crippen molar-refractivity contribution in [3.8, 4) is 0 Å². The molecule has 0 unspecified atom stereocenters. The smallest absolute Gasteiger partial charge is 0.339 e. The van der Waals surface area contributed by atoms with Gasteiger partial charge in [0, 0.05) is 17.4 Å². The van der Waals surface area contributed by atoms with Crippen LogP contribution in [0.3, 0.4) is 0 Å². The van der Waals surface area contributed by atoms with Crippen LogP contribution in [0.1, 0.15) is 26.5 Å². The maximum Gasteiger partial charge on any atom is 0.339 e. The summed E-state index contributed by atoms with van der Waals surface area (Å²) >= 11 is 0. The molecule has 0 radical (unpaired) electrons. The van der Waals surface area contributed by atoms with Gasteiger partial charge in [-0.15, -0.1) is 0 Å². The minimum absolute atomic E-state index is 0.0504. The van der Waals surface area contributed by atoms with Gasteiger partial charge in [-0.2, -0.15) is 0 Å². The van der Waals surface area contributed by atoms with E-state index in [1.807, 2.05) is 60.7 Å². The van der Waals surface area contributed by atoms with E-state index in [9.17, 15) is 14.4 Å². The number of nitrogens with zero attached hydrogens (tertiary/aromatic N) is 2. The molecule has 4 rings (SSSR count). The third-order valence-electron chi connectivity index (χ3n) is 4.84. The Hall–Kier alpha value is -4.72. The fourth-order valence-electron chi connectivity index (χ4n) is 3.32. The Labute approximate surface area is 195 Å². The molecule has 3 aromatic carbocycles. The highest BCUT2D eigenvalue weighted by Gasteiger charge is 2.25. The Morgan fingerprint density at radius 3 is 1.97 bits per heavy atom. The van der Waals surface area contributed by atoms with E-state index < -0.39 is 24.4 Å². The van der Waals surface area contributed by atoms with Gasteiger partial charge in [0.2, 0.25) is 0 Å². The summed E-state index contributed by atoms with van der Waals surface area (Å²) in [7, 11) is 0. The Bertz CT molecular complexity index is 1260. The minimum Gasteiger partial charge on any atom is -0.452 e. The minimum atomic E-state index is -0.795. The van der Waals surface area contributed by atoms with Crippen LogP contribution < -0.4 is 10.2 Å². The van der Waals surface area contributed by atoms with Crippen LogP contribution in [-0.2, 0) is 9.53 Å². The summed E-state index contributed by atoms with van der Waals surface area (Å²) < 4.78 is 10.1. The van der Waals surface area contributed by atoms with E-state index in [1.54, 1.807) is 25.1 Å². The van der Waals surface area contributed by atoms with Crippen LogP contribution in [0.15, 0.2) is 95.5 Å². The van der Waals surface area contributed by atoms with Crippen molar-refractivity contribution in [3.63, 3.8) is 0 Å². The van der Waals surface area contributed by atoms with Crippen molar-refractivity contribution >= 4 is 35.0 Å². The molecule has 0 fully saturated rings. The normalized spacial score (nSPS) is 10.4. The molecule has 0 bridgehead atoms. The SMILES string of the molecule is Cc1cc(NC(=O)COC(=O)c2ccccc2C(=O)N(c2ccccc2)c2ccccc2)no1. The van der Waals surface area contributed by atoms with Crippen molar-refractivity contribution < 1.29 is 23.6 Å². The second-order valence-corrected chi connectivity index (χ2v) is 7.30. The largest absolute Gasteiger partial charge is 0.452 e. The van der Waals surface area contributed by atoms with Crippen molar-refractivity contribution in [2.24, 2.45) is 0 Å². The second-order valence-electron chi connectivity index (χ2n) is 7.30. The molecule has 2 amide bonds. The lowest BCUT2D eigenvalue weighted by molar-refractivity contribution is -0.119. The first kappa shape index (κ1) is 22.5. The van der Waals surface area contributed by atoms with Crippen molar-refractivity contribution in [2.45, 2.75) is 6.92 Å². The summed E-state index contributed by atoms with van der Waals surface area (Å²) in [4.78, 5) is 40.1. The van der Waals surface area contributed by atoms with E-state index in [-0.39, 0.29) is 16.9 Å². The average molecular weight is 455 g/mol. The number of benzene rings is 3. The molecular formula is C26H21N3O5. The third kappa shape index (κ3) is 5.18. The molecule has 0 atom stereocenters. The van der Waals surface area contributed by atoms with Crippen LogP contribution in [-0.4, -0.2) is 29.5 Å². The molecule has 1 N–H and O–H groups in total. The number of carbonyl (C=O) groups excluding carboxylic acids is 3. The number of anilines is 3. The van der Waals surface area contributed by atoms with E-state index in [0.29, 0.717) is 17.1 Å². The third-order valence-corrected chi connectivity index (χ3v) is 4.84. The maximum atomic E-state index is 13.7. The number of esters is 1. The van der Waals surface area contributed by atoms with Gasteiger partial charge in [-0.1, -0.05) is 53.7 Å². The summed E-state index contributed by atoms with van der Waals surface area (Å²) in [6.45, 7) is 1.14. The number of nitrogens with one attached hydrogen (secondary N) is 1. The molecule has 0 saturated heterocycles. The van der Waals surface area contributed by atoms with E-state index in [2.05, 4.69) is 10.5 Å². The van der Waals surface area contributed by atoms with Crippen LogP contribution in [0.4, 0.5) is 17.2 Å². The van der Waals surface area contributed by atoms with E-state index in [4.69, 9.17) is 9.26 Å². The predicted octanol–water partition coefficient (Wildman–Crippen LogP) is 4.76. The molecule has 0 aliphatic heterocycles. The summed E-state index contributed by atoms with van der Waals surface area (Å²) in [6.07, 6.45) is 0. The highest BCUT2D eigenvalue weighted by atomic mass is 16.5.